The van der Waals surface area contributed by atoms with E-state index in [1.165, 1.54) is 0 Å². The molecular weight excluding hydrogens is 334 g/mol. The van der Waals surface area contributed by atoms with Crippen LogP contribution >= 0.6 is 11.3 Å². The van der Waals surface area contributed by atoms with E-state index in [4.69, 9.17) is 9.47 Å². The third-order valence-corrected chi connectivity index (χ3v) is 5.91. The summed E-state index contributed by atoms with van der Waals surface area (Å²) in [7, 11) is 1.67. The number of amides is 1. The Morgan fingerprint density at radius 1 is 1.32 bits per heavy atom. The molecule has 3 rings (SSSR count). The van der Waals surface area contributed by atoms with E-state index in [0.717, 1.165) is 39.5 Å². The van der Waals surface area contributed by atoms with Crippen molar-refractivity contribution in [2.45, 2.75) is 39.3 Å². The number of nitrogens with zero attached hydrogens (tertiary/aromatic N) is 1. The van der Waals surface area contributed by atoms with E-state index in [1.807, 2.05) is 29.2 Å². The van der Waals surface area contributed by atoms with Crippen LogP contribution in [-0.2, 0) is 11.3 Å². The second-order valence-electron chi connectivity index (χ2n) is 6.21. The van der Waals surface area contributed by atoms with Crippen molar-refractivity contribution >= 4 is 17.2 Å². The molecule has 134 valence electrons. The van der Waals surface area contributed by atoms with Crippen LogP contribution in [0.5, 0.6) is 5.75 Å². The molecule has 0 saturated heterocycles. The zero-order valence-electron chi connectivity index (χ0n) is 15.1. The highest BCUT2D eigenvalue weighted by Crippen LogP contribution is 2.42. The number of fused-ring (bicyclic) bond motifs is 3. The summed E-state index contributed by atoms with van der Waals surface area (Å²) in [5.74, 6) is 0.995. The molecule has 0 N–H and O–H groups in total. The Balaban J connectivity index is 1.91. The van der Waals surface area contributed by atoms with Crippen LogP contribution in [-0.4, -0.2) is 37.1 Å². The van der Waals surface area contributed by atoms with E-state index >= 15 is 0 Å². The molecule has 25 heavy (non-hydrogen) atoms. The number of rotatable bonds is 7. The molecule has 0 spiro atoms. The van der Waals surface area contributed by atoms with Gasteiger partial charge in [-0.05, 0) is 31.0 Å². The van der Waals surface area contributed by atoms with Crippen molar-refractivity contribution in [2.24, 2.45) is 0 Å². The van der Waals surface area contributed by atoms with Gasteiger partial charge in [0.1, 0.15) is 12.4 Å². The number of methoxy groups -OCH3 is 1. The number of hydrogen-bond donors (Lipinski definition) is 0. The maximum Gasteiger partial charge on any atom is 0.264 e. The van der Waals surface area contributed by atoms with Gasteiger partial charge in [0.25, 0.3) is 5.91 Å². The lowest BCUT2D eigenvalue weighted by Gasteiger charge is -2.30. The second kappa shape index (κ2) is 8.02. The lowest BCUT2D eigenvalue weighted by atomic mass is 10.1. The van der Waals surface area contributed by atoms with Crippen LogP contribution in [0, 0.1) is 0 Å². The topological polar surface area (TPSA) is 38.8 Å². The molecule has 1 aromatic heterocycles. The van der Waals surface area contributed by atoms with Crippen molar-refractivity contribution in [2.75, 3.05) is 20.3 Å². The van der Waals surface area contributed by atoms with E-state index in [1.54, 1.807) is 18.4 Å². The molecule has 5 heteroatoms. The summed E-state index contributed by atoms with van der Waals surface area (Å²) in [5.41, 5.74) is 2.18. The summed E-state index contributed by atoms with van der Waals surface area (Å²) in [4.78, 5) is 17.1. The third-order valence-electron chi connectivity index (χ3n) is 4.72. The fourth-order valence-corrected chi connectivity index (χ4v) is 4.47. The van der Waals surface area contributed by atoms with E-state index in [9.17, 15) is 4.79 Å². The predicted octanol–water partition coefficient (Wildman–Crippen LogP) is 4.58. The van der Waals surface area contributed by atoms with Crippen molar-refractivity contribution in [3.63, 3.8) is 0 Å². The Hall–Kier alpha value is -1.85. The van der Waals surface area contributed by atoms with Crippen LogP contribution in [0.25, 0.3) is 10.4 Å². The van der Waals surface area contributed by atoms with Crippen LogP contribution in [0.3, 0.4) is 0 Å². The summed E-state index contributed by atoms with van der Waals surface area (Å²) >= 11 is 1.57. The van der Waals surface area contributed by atoms with E-state index in [0.29, 0.717) is 19.8 Å². The zero-order valence-corrected chi connectivity index (χ0v) is 15.9. The molecule has 0 radical (unpaired) electrons. The quantitative estimate of drug-likeness (QED) is 0.726. The van der Waals surface area contributed by atoms with Gasteiger partial charge in [-0.2, -0.15) is 0 Å². The van der Waals surface area contributed by atoms with Gasteiger partial charge in [0.05, 0.1) is 11.5 Å². The molecule has 0 unspecified atom stereocenters. The Morgan fingerprint density at radius 3 is 2.80 bits per heavy atom. The molecule has 2 heterocycles. The van der Waals surface area contributed by atoms with Gasteiger partial charge in [0.15, 0.2) is 0 Å². The molecule has 1 aliphatic rings. The molecule has 0 aliphatic carbocycles. The molecule has 0 atom stereocenters. The minimum Gasteiger partial charge on any atom is -0.488 e. The van der Waals surface area contributed by atoms with Gasteiger partial charge in [-0.1, -0.05) is 26.0 Å². The van der Waals surface area contributed by atoms with Gasteiger partial charge in [-0.25, -0.2) is 0 Å². The van der Waals surface area contributed by atoms with Crippen LogP contribution in [0.2, 0.25) is 0 Å². The molecule has 0 saturated carbocycles. The van der Waals surface area contributed by atoms with E-state index < -0.39 is 0 Å². The predicted molar refractivity (Wildman–Crippen MR) is 101 cm³/mol. The molecule has 1 amide bonds. The second-order valence-corrected chi connectivity index (χ2v) is 7.26. The molecule has 0 fully saturated rings. The Kier molecular flexibility index (Phi) is 5.76. The summed E-state index contributed by atoms with van der Waals surface area (Å²) in [5, 5.41) is 0. The standard InChI is InChI=1S/C20H25NO3S/c1-4-15(5-2)21(10-11-23-3)20(22)18-12-14-13-24-17-9-7-6-8-16(17)19(14)25-18/h6-9,12,15H,4-5,10-11,13H2,1-3H3. The highest BCUT2D eigenvalue weighted by Gasteiger charge is 2.27. The van der Waals surface area contributed by atoms with Crippen molar-refractivity contribution in [1.82, 2.24) is 4.90 Å². The summed E-state index contributed by atoms with van der Waals surface area (Å²) < 4.78 is 11.0. The maximum atomic E-state index is 13.2. The first kappa shape index (κ1) is 18.0. The first-order chi connectivity index (χ1) is 12.2. The van der Waals surface area contributed by atoms with E-state index in [2.05, 4.69) is 19.9 Å². The monoisotopic (exact) mass is 359 g/mol. The van der Waals surface area contributed by atoms with Crippen molar-refractivity contribution in [3.05, 3.63) is 40.8 Å². The van der Waals surface area contributed by atoms with Gasteiger partial charge in [0.2, 0.25) is 0 Å². The molecule has 1 aromatic carbocycles. The number of carbonyl (C=O) groups is 1. The van der Waals surface area contributed by atoms with Crippen molar-refractivity contribution in [3.8, 4) is 16.2 Å². The smallest absolute Gasteiger partial charge is 0.264 e. The van der Waals surface area contributed by atoms with Crippen LogP contribution in [0.1, 0.15) is 41.9 Å². The normalized spacial score (nSPS) is 12.5. The SMILES string of the molecule is CCC(CC)N(CCOC)C(=O)c1cc2c(s1)-c1ccccc1OC2. The van der Waals surface area contributed by atoms with Gasteiger partial charge >= 0.3 is 0 Å². The van der Waals surface area contributed by atoms with Crippen molar-refractivity contribution < 1.29 is 14.3 Å². The summed E-state index contributed by atoms with van der Waals surface area (Å²) in [6.07, 6.45) is 1.89. The maximum absolute atomic E-state index is 13.2. The lowest BCUT2D eigenvalue weighted by molar-refractivity contribution is 0.0594. The number of carbonyl (C=O) groups excluding carboxylic acids is 1. The molecule has 4 nitrogen and oxygen atoms in total. The average Bonchev–Trinajstić information content (AvgIpc) is 3.09. The Bertz CT molecular complexity index is 736. The molecule has 1 aliphatic heterocycles. The first-order valence-electron chi connectivity index (χ1n) is 8.84. The Morgan fingerprint density at radius 2 is 2.08 bits per heavy atom. The molecule has 0 bridgehead atoms. The average molecular weight is 359 g/mol. The Labute approximate surface area is 153 Å². The number of thiophene rings is 1. The lowest BCUT2D eigenvalue weighted by Crippen LogP contribution is -2.41. The fourth-order valence-electron chi connectivity index (χ4n) is 3.32. The largest absolute Gasteiger partial charge is 0.488 e. The fraction of sp³-hybridized carbons (Fsp3) is 0.450. The zero-order chi connectivity index (χ0) is 17.8. The third kappa shape index (κ3) is 3.58. The van der Waals surface area contributed by atoms with Crippen molar-refractivity contribution in [1.29, 1.82) is 0 Å². The minimum atomic E-state index is 0.0997. The number of hydrogen-bond acceptors (Lipinski definition) is 4. The summed E-state index contributed by atoms with van der Waals surface area (Å²) in [6.45, 7) is 5.96. The summed E-state index contributed by atoms with van der Waals surface area (Å²) in [6, 6.07) is 10.3. The number of benzene rings is 1. The number of para-hydroxylation sites is 1. The number of ether oxygens (including phenoxy) is 2. The van der Waals surface area contributed by atoms with Gasteiger partial charge in [-0.3, -0.25) is 4.79 Å². The highest BCUT2D eigenvalue weighted by atomic mass is 32.1. The van der Waals surface area contributed by atoms with Gasteiger partial charge in [-0.15, -0.1) is 11.3 Å². The van der Waals surface area contributed by atoms with Crippen LogP contribution < -0.4 is 4.74 Å². The van der Waals surface area contributed by atoms with Crippen LogP contribution in [0.15, 0.2) is 30.3 Å². The first-order valence-corrected chi connectivity index (χ1v) is 9.66. The van der Waals surface area contributed by atoms with Gasteiger partial charge < -0.3 is 14.4 Å². The van der Waals surface area contributed by atoms with E-state index in [-0.39, 0.29) is 11.9 Å². The highest BCUT2D eigenvalue weighted by molar-refractivity contribution is 7.17. The minimum absolute atomic E-state index is 0.0997. The molecular formula is C20H25NO3S. The molecule has 2 aromatic rings. The van der Waals surface area contributed by atoms with Gasteiger partial charge in [0, 0.05) is 35.7 Å². The van der Waals surface area contributed by atoms with Crippen LogP contribution in [0.4, 0.5) is 0 Å².